The maximum Gasteiger partial charge on any atom is 0.237 e. The summed E-state index contributed by atoms with van der Waals surface area (Å²) in [5, 5.41) is 0. The van der Waals surface area contributed by atoms with Crippen molar-refractivity contribution in [1.82, 2.24) is 4.57 Å². The van der Waals surface area contributed by atoms with E-state index in [1.54, 1.807) is 27.5 Å². The van der Waals surface area contributed by atoms with Crippen LogP contribution in [0.1, 0.15) is 30.7 Å². The molecule has 0 bridgehead atoms. The van der Waals surface area contributed by atoms with Gasteiger partial charge in [0, 0.05) is 47.2 Å². The van der Waals surface area contributed by atoms with Gasteiger partial charge in [0.2, 0.25) is 5.43 Å². The summed E-state index contributed by atoms with van der Waals surface area (Å²) < 4.78 is 31.2. The average Bonchev–Trinajstić information content (AvgIpc) is 3.11. The van der Waals surface area contributed by atoms with Crippen LogP contribution in [0.4, 0.5) is 0 Å². The molecule has 1 fully saturated rings. The smallest absolute Gasteiger partial charge is 0.237 e. The lowest BCUT2D eigenvalue weighted by Gasteiger charge is -2.49. The van der Waals surface area contributed by atoms with Gasteiger partial charge in [-0.3, -0.25) is 4.79 Å². The number of pyridine rings is 1. The third kappa shape index (κ3) is 2.75. The lowest BCUT2D eigenvalue weighted by atomic mass is 9.77. The van der Waals surface area contributed by atoms with Crippen molar-refractivity contribution in [2.75, 3.05) is 41.7 Å². The molecule has 1 aromatic heterocycles. The molecular weight excluding hydrogens is 394 g/mol. The van der Waals surface area contributed by atoms with Crippen molar-refractivity contribution < 1.29 is 23.7 Å². The Bertz CT molecular complexity index is 692. The van der Waals surface area contributed by atoms with Crippen molar-refractivity contribution in [2.24, 2.45) is 0 Å². The Hall–Kier alpha value is -0.930. The number of hydrogen-bond donors (Lipinski definition) is 0. The van der Waals surface area contributed by atoms with Gasteiger partial charge in [-0.1, -0.05) is 0 Å². The number of ether oxygens (including phenoxy) is 5. The maximum absolute atomic E-state index is 12.6. The minimum atomic E-state index is -0.764. The SMILES string of the molecule is COCCC1(OC)C(OC)c2c(OC)c(=O)c(Br)cn2C2CCOC21. The molecule has 140 valence electrons. The summed E-state index contributed by atoms with van der Waals surface area (Å²) in [7, 11) is 6.41. The summed E-state index contributed by atoms with van der Waals surface area (Å²) in [5.74, 6) is 0.269. The van der Waals surface area contributed by atoms with Crippen molar-refractivity contribution in [1.29, 1.82) is 0 Å². The van der Waals surface area contributed by atoms with E-state index in [0.717, 1.165) is 6.42 Å². The second kappa shape index (κ2) is 7.36. The first kappa shape index (κ1) is 18.8. The Labute approximate surface area is 155 Å². The van der Waals surface area contributed by atoms with E-state index >= 15 is 0 Å². The maximum atomic E-state index is 12.6. The first-order chi connectivity index (χ1) is 12.1. The van der Waals surface area contributed by atoms with Crippen LogP contribution in [-0.2, 0) is 18.9 Å². The molecule has 1 saturated heterocycles. The molecule has 8 heteroatoms. The van der Waals surface area contributed by atoms with Gasteiger partial charge in [0.05, 0.1) is 23.3 Å². The molecule has 0 N–H and O–H groups in total. The van der Waals surface area contributed by atoms with E-state index in [2.05, 4.69) is 15.9 Å². The molecule has 3 rings (SSSR count). The lowest BCUT2D eigenvalue weighted by Crippen LogP contribution is -2.57. The quantitative estimate of drug-likeness (QED) is 0.705. The molecule has 0 spiro atoms. The Kier molecular flexibility index (Phi) is 5.55. The van der Waals surface area contributed by atoms with Crippen molar-refractivity contribution >= 4 is 15.9 Å². The zero-order chi connectivity index (χ0) is 18.2. The van der Waals surface area contributed by atoms with Crippen molar-refractivity contribution in [3.8, 4) is 5.75 Å². The number of nitrogens with zero attached hydrogens (tertiary/aromatic N) is 1. The van der Waals surface area contributed by atoms with Crippen LogP contribution in [0.15, 0.2) is 15.5 Å². The number of rotatable bonds is 6. The summed E-state index contributed by atoms with van der Waals surface area (Å²) in [5.41, 5.74) is -0.285. The number of aromatic nitrogens is 1. The zero-order valence-corrected chi connectivity index (χ0v) is 16.5. The standard InChI is InChI=1S/C17H24BrNO6/c1-21-8-6-17(24-4)15-11(5-7-25-15)19-9-10(18)13(20)14(22-2)12(19)16(17)23-3/h9,11,15-16H,5-8H2,1-4H3. The van der Waals surface area contributed by atoms with Gasteiger partial charge in [0.15, 0.2) is 5.75 Å². The molecule has 0 aliphatic carbocycles. The number of hydrogen-bond acceptors (Lipinski definition) is 6. The molecule has 0 saturated carbocycles. The molecule has 0 radical (unpaired) electrons. The largest absolute Gasteiger partial charge is 0.491 e. The number of fused-ring (bicyclic) bond motifs is 3. The van der Waals surface area contributed by atoms with E-state index < -0.39 is 11.7 Å². The summed E-state index contributed by atoms with van der Waals surface area (Å²) >= 11 is 3.35. The van der Waals surface area contributed by atoms with Gasteiger partial charge in [-0.05, 0) is 22.4 Å². The molecular formula is C17H24BrNO6. The third-order valence-corrected chi connectivity index (χ3v) is 5.86. The lowest BCUT2D eigenvalue weighted by molar-refractivity contribution is -0.209. The predicted molar refractivity (Wildman–Crippen MR) is 94.3 cm³/mol. The zero-order valence-electron chi connectivity index (χ0n) is 14.9. The minimum absolute atomic E-state index is 0.0315. The second-order valence-electron chi connectivity index (χ2n) is 6.30. The highest BCUT2D eigenvalue weighted by atomic mass is 79.9. The average molecular weight is 418 g/mol. The van der Waals surface area contributed by atoms with Crippen molar-refractivity contribution in [3.05, 3.63) is 26.6 Å². The second-order valence-corrected chi connectivity index (χ2v) is 7.15. The van der Waals surface area contributed by atoms with Gasteiger partial charge in [0.25, 0.3) is 0 Å². The molecule has 0 aromatic carbocycles. The van der Waals surface area contributed by atoms with E-state index in [1.807, 2.05) is 4.57 Å². The number of methoxy groups -OCH3 is 4. The van der Waals surface area contributed by atoms with E-state index in [9.17, 15) is 4.79 Å². The van der Waals surface area contributed by atoms with Gasteiger partial charge in [0.1, 0.15) is 17.8 Å². The van der Waals surface area contributed by atoms with Crippen LogP contribution >= 0.6 is 15.9 Å². The van der Waals surface area contributed by atoms with Crippen molar-refractivity contribution in [3.63, 3.8) is 0 Å². The molecule has 7 nitrogen and oxygen atoms in total. The molecule has 4 atom stereocenters. The van der Waals surface area contributed by atoms with Gasteiger partial charge >= 0.3 is 0 Å². The molecule has 0 amide bonds. The van der Waals surface area contributed by atoms with Gasteiger partial charge < -0.3 is 28.3 Å². The summed E-state index contributed by atoms with van der Waals surface area (Å²) in [6, 6.07) is 0.0315. The molecule has 1 aromatic rings. The molecule has 25 heavy (non-hydrogen) atoms. The van der Waals surface area contributed by atoms with Gasteiger partial charge in [-0.25, -0.2) is 0 Å². The minimum Gasteiger partial charge on any atom is -0.491 e. The van der Waals surface area contributed by atoms with Crippen LogP contribution in [-0.4, -0.2) is 57.9 Å². The first-order valence-corrected chi connectivity index (χ1v) is 9.02. The summed E-state index contributed by atoms with van der Waals surface area (Å²) in [6.45, 7) is 1.11. The van der Waals surface area contributed by atoms with E-state index in [0.29, 0.717) is 29.8 Å². The third-order valence-electron chi connectivity index (χ3n) is 5.29. The Morgan fingerprint density at radius 2 is 2.12 bits per heavy atom. The summed E-state index contributed by atoms with van der Waals surface area (Å²) in [4.78, 5) is 12.6. The topological polar surface area (TPSA) is 68.2 Å². The Balaban J connectivity index is 2.27. The van der Waals surface area contributed by atoms with Crippen LogP contribution in [0.3, 0.4) is 0 Å². The highest BCUT2D eigenvalue weighted by molar-refractivity contribution is 9.10. The van der Waals surface area contributed by atoms with Gasteiger partial charge in [-0.2, -0.15) is 0 Å². The fraction of sp³-hybridized carbons (Fsp3) is 0.706. The van der Waals surface area contributed by atoms with Crippen LogP contribution in [0.2, 0.25) is 0 Å². The monoisotopic (exact) mass is 417 g/mol. The van der Waals surface area contributed by atoms with Crippen LogP contribution < -0.4 is 10.2 Å². The van der Waals surface area contributed by atoms with E-state index in [4.69, 9.17) is 23.7 Å². The Morgan fingerprint density at radius 1 is 1.36 bits per heavy atom. The molecule has 4 unspecified atom stereocenters. The fourth-order valence-electron chi connectivity index (χ4n) is 4.20. The van der Waals surface area contributed by atoms with Crippen LogP contribution in [0, 0.1) is 0 Å². The Morgan fingerprint density at radius 3 is 2.72 bits per heavy atom. The highest BCUT2D eigenvalue weighted by Gasteiger charge is 2.58. The summed E-state index contributed by atoms with van der Waals surface area (Å²) in [6.07, 6.45) is 2.47. The van der Waals surface area contributed by atoms with E-state index in [-0.39, 0.29) is 23.3 Å². The van der Waals surface area contributed by atoms with Crippen LogP contribution in [0.25, 0.3) is 0 Å². The predicted octanol–water partition coefficient (Wildman–Crippen LogP) is 2.07. The molecule has 2 aliphatic heterocycles. The molecule has 3 heterocycles. The fourth-order valence-corrected chi connectivity index (χ4v) is 4.60. The molecule has 2 aliphatic rings. The van der Waals surface area contributed by atoms with Crippen molar-refractivity contribution in [2.45, 2.75) is 36.7 Å². The van der Waals surface area contributed by atoms with Gasteiger partial charge in [-0.15, -0.1) is 0 Å². The first-order valence-electron chi connectivity index (χ1n) is 8.22. The van der Waals surface area contributed by atoms with Crippen LogP contribution in [0.5, 0.6) is 5.75 Å². The normalized spacial score (nSPS) is 30.8. The highest BCUT2D eigenvalue weighted by Crippen LogP contribution is 2.52. The number of halogens is 1. The van der Waals surface area contributed by atoms with E-state index in [1.165, 1.54) is 7.11 Å².